The molecule has 0 heterocycles. The number of nitrogens with zero attached hydrogens (tertiary/aromatic N) is 1. The maximum Gasteiger partial charge on any atom is 0.343 e. The van der Waals surface area contributed by atoms with Gasteiger partial charge >= 0.3 is 5.97 Å². The predicted molar refractivity (Wildman–Crippen MR) is 158 cm³/mol. The van der Waals surface area contributed by atoms with E-state index in [1.165, 1.54) is 28.7 Å². The quantitative estimate of drug-likeness (QED) is 0.138. The van der Waals surface area contributed by atoms with Crippen LogP contribution in [0.15, 0.2) is 103 Å². The zero-order valence-corrected chi connectivity index (χ0v) is 22.7. The van der Waals surface area contributed by atoms with Crippen molar-refractivity contribution >= 4 is 17.1 Å². The summed E-state index contributed by atoms with van der Waals surface area (Å²) in [5, 5.41) is 0. The number of fused-ring (bicyclic) bond motifs is 1. The van der Waals surface area contributed by atoms with Crippen LogP contribution in [0, 0.1) is 0 Å². The van der Waals surface area contributed by atoms with E-state index in [4.69, 9.17) is 9.47 Å². The van der Waals surface area contributed by atoms with E-state index in [1.54, 1.807) is 12.1 Å². The highest BCUT2D eigenvalue weighted by Gasteiger charge is 2.19. The molecule has 0 atom stereocenters. The van der Waals surface area contributed by atoms with Crippen molar-refractivity contribution in [2.75, 3.05) is 27.2 Å². The highest BCUT2D eigenvalue weighted by atomic mass is 16.5. The Kier molecular flexibility index (Phi) is 8.55. The number of hydrogen-bond donors (Lipinski definition) is 0. The Labute approximate surface area is 231 Å². The minimum Gasteiger partial charge on any atom is -0.492 e. The molecule has 0 bridgehead atoms. The fraction of sp³-hybridized carbons (Fsp3) is 0.229. The molecule has 198 valence electrons. The zero-order valence-electron chi connectivity index (χ0n) is 22.7. The molecular weight excluding hydrogens is 482 g/mol. The Morgan fingerprint density at radius 3 is 2.00 bits per heavy atom. The van der Waals surface area contributed by atoms with Crippen LogP contribution in [0.25, 0.3) is 11.1 Å². The van der Waals surface area contributed by atoms with Crippen LogP contribution in [0.4, 0.5) is 0 Å². The average molecular weight is 518 g/mol. The minimum absolute atomic E-state index is 0.357. The molecule has 4 aromatic carbocycles. The van der Waals surface area contributed by atoms with E-state index in [-0.39, 0.29) is 5.97 Å². The molecule has 0 N–H and O–H groups in total. The van der Waals surface area contributed by atoms with Crippen molar-refractivity contribution in [1.29, 1.82) is 0 Å². The second kappa shape index (κ2) is 12.6. The molecule has 0 unspecified atom stereocenters. The van der Waals surface area contributed by atoms with Crippen molar-refractivity contribution in [2.24, 2.45) is 0 Å². The number of likely N-dealkylation sites (N-methyl/N-ethyl adjacent to an activating group) is 1. The lowest BCUT2D eigenvalue weighted by atomic mass is 9.86. The first-order valence-corrected chi connectivity index (χ1v) is 13.7. The molecule has 0 radical (unpaired) electrons. The number of benzene rings is 4. The van der Waals surface area contributed by atoms with Gasteiger partial charge in [0.1, 0.15) is 18.1 Å². The lowest BCUT2D eigenvalue weighted by molar-refractivity contribution is 0.0734. The zero-order chi connectivity index (χ0) is 27.0. The van der Waals surface area contributed by atoms with Gasteiger partial charge in [0.15, 0.2) is 0 Å². The van der Waals surface area contributed by atoms with Gasteiger partial charge in [0.25, 0.3) is 0 Å². The maximum atomic E-state index is 12.6. The van der Waals surface area contributed by atoms with Crippen LogP contribution in [-0.2, 0) is 6.42 Å². The molecule has 0 saturated heterocycles. The van der Waals surface area contributed by atoms with Crippen LogP contribution in [-0.4, -0.2) is 38.1 Å². The van der Waals surface area contributed by atoms with E-state index in [0.717, 1.165) is 42.7 Å². The summed E-state index contributed by atoms with van der Waals surface area (Å²) < 4.78 is 11.6. The molecule has 5 rings (SSSR count). The van der Waals surface area contributed by atoms with E-state index in [0.29, 0.717) is 17.9 Å². The molecule has 0 aliphatic heterocycles. The summed E-state index contributed by atoms with van der Waals surface area (Å²) in [6.45, 7) is 1.52. The lowest BCUT2D eigenvalue weighted by Crippen LogP contribution is -2.19. The molecule has 0 saturated carbocycles. The SMILES string of the molecule is CN(C)CCOc1ccc(C(=C2CCCCc3ccccc32)c2ccc(OC(=O)c3ccccc3)cc2)cc1. The second-order valence-electron chi connectivity index (χ2n) is 10.2. The first kappa shape index (κ1) is 26.5. The van der Waals surface area contributed by atoms with Crippen molar-refractivity contribution < 1.29 is 14.3 Å². The van der Waals surface area contributed by atoms with Crippen molar-refractivity contribution in [3.63, 3.8) is 0 Å². The lowest BCUT2D eigenvalue weighted by Gasteiger charge is -2.18. The van der Waals surface area contributed by atoms with Gasteiger partial charge < -0.3 is 14.4 Å². The summed E-state index contributed by atoms with van der Waals surface area (Å²) in [5.74, 6) is 1.04. The summed E-state index contributed by atoms with van der Waals surface area (Å²) in [5.41, 5.74) is 8.09. The Hall–Kier alpha value is -4.15. The van der Waals surface area contributed by atoms with Crippen LogP contribution in [0.3, 0.4) is 0 Å². The largest absolute Gasteiger partial charge is 0.492 e. The third kappa shape index (κ3) is 6.65. The molecule has 1 aliphatic rings. The van der Waals surface area contributed by atoms with E-state index in [9.17, 15) is 4.79 Å². The topological polar surface area (TPSA) is 38.8 Å². The number of carbonyl (C=O) groups excluding carboxylic acids is 1. The summed E-state index contributed by atoms with van der Waals surface area (Å²) in [6, 6.07) is 34.2. The molecule has 4 heteroatoms. The summed E-state index contributed by atoms with van der Waals surface area (Å²) >= 11 is 0. The number of ether oxygens (including phenoxy) is 2. The van der Waals surface area contributed by atoms with Crippen LogP contribution in [0.5, 0.6) is 11.5 Å². The van der Waals surface area contributed by atoms with Gasteiger partial charge in [-0.05, 0) is 110 Å². The first-order chi connectivity index (χ1) is 19.1. The molecule has 4 nitrogen and oxygen atoms in total. The third-order valence-electron chi connectivity index (χ3n) is 7.08. The van der Waals surface area contributed by atoms with Crippen molar-refractivity contribution in [1.82, 2.24) is 4.90 Å². The average Bonchev–Trinajstić information content (AvgIpc) is 3.18. The Morgan fingerprint density at radius 1 is 0.692 bits per heavy atom. The molecule has 0 amide bonds. The van der Waals surface area contributed by atoms with Crippen LogP contribution >= 0.6 is 0 Å². The number of rotatable bonds is 8. The van der Waals surface area contributed by atoms with Crippen molar-refractivity contribution in [2.45, 2.75) is 25.7 Å². The summed E-state index contributed by atoms with van der Waals surface area (Å²) in [7, 11) is 4.09. The molecule has 39 heavy (non-hydrogen) atoms. The molecule has 4 aromatic rings. The Morgan fingerprint density at radius 2 is 1.31 bits per heavy atom. The number of aryl methyl sites for hydroxylation is 1. The highest BCUT2D eigenvalue weighted by Crippen LogP contribution is 2.39. The first-order valence-electron chi connectivity index (χ1n) is 13.7. The monoisotopic (exact) mass is 517 g/mol. The van der Waals surface area contributed by atoms with Gasteiger partial charge in [-0.15, -0.1) is 0 Å². The predicted octanol–water partition coefficient (Wildman–Crippen LogP) is 7.53. The Balaban J connectivity index is 1.50. The molecular formula is C35H35NO3. The van der Waals surface area contributed by atoms with Gasteiger partial charge in [-0.25, -0.2) is 4.79 Å². The van der Waals surface area contributed by atoms with Crippen LogP contribution in [0.2, 0.25) is 0 Å². The molecule has 1 aliphatic carbocycles. The molecule has 0 aromatic heterocycles. The van der Waals surface area contributed by atoms with Gasteiger partial charge in [-0.3, -0.25) is 0 Å². The van der Waals surface area contributed by atoms with Gasteiger partial charge in [-0.1, -0.05) is 66.7 Å². The number of hydrogen-bond acceptors (Lipinski definition) is 4. The van der Waals surface area contributed by atoms with E-state index in [1.807, 2.05) is 44.4 Å². The van der Waals surface area contributed by atoms with E-state index >= 15 is 0 Å². The van der Waals surface area contributed by atoms with Crippen molar-refractivity contribution in [3.8, 4) is 11.5 Å². The summed E-state index contributed by atoms with van der Waals surface area (Å²) in [4.78, 5) is 14.7. The maximum absolute atomic E-state index is 12.6. The van der Waals surface area contributed by atoms with E-state index in [2.05, 4.69) is 65.6 Å². The van der Waals surface area contributed by atoms with E-state index < -0.39 is 0 Å². The van der Waals surface area contributed by atoms with Gasteiger partial charge in [0.05, 0.1) is 5.56 Å². The highest BCUT2D eigenvalue weighted by molar-refractivity contribution is 5.99. The molecule has 0 fully saturated rings. The standard InChI is InChI=1S/C35H35NO3/c1-36(2)24-25-38-30-20-16-27(17-21-30)34(33-15-9-7-11-26-10-6-8-14-32(26)33)28-18-22-31(23-19-28)39-35(37)29-12-4-3-5-13-29/h3-6,8,10,12-14,16-23H,7,9,11,15,24-25H2,1-2H3. The fourth-order valence-electron chi connectivity index (χ4n) is 5.05. The number of carbonyl (C=O) groups is 1. The smallest absolute Gasteiger partial charge is 0.343 e. The van der Waals surface area contributed by atoms with Gasteiger partial charge in [0.2, 0.25) is 0 Å². The van der Waals surface area contributed by atoms with Gasteiger partial charge in [-0.2, -0.15) is 0 Å². The summed E-state index contributed by atoms with van der Waals surface area (Å²) in [6.07, 6.45) is 4.44. The third-order valence-corrected chi connectivity index (χ3v) is 7.08. The van der Waals surface area contributed by atoms with Crippen molar-refractivity contribution in [3.05, 3.63) is 131 Å². The second-order valence-corrected chi connectivity index (χ2v) is 10.2. The normalized spacial score (nSPS) is 14.3. The van der Waals surface area contributed by atoms with Gasteiger partial charge in [0, 0.05) is 6.54 Å². The van der Waals surface area contributed by atoms with Crippen LogP contribution < -0.4 is 9.47 Å². The molecule has 0 spiro atoms. The number of allylic oxidation sites excluding steroid dienone is 1. The Bertz CT molecular complexity index is 1420. The van der Waals surface area contributed by atoms with Crippen LogP contribution in [0.1, 0.15) is 51.9 Å². The number of esters is 1. The minimum atomic E-state index is -0.357. The fourth-order valence-corrected chi connectivity index (χ4v) is 5.05.